The summed E-state index contributed by atoms with van der Waals surface area (Å²) < 4.78 is 0. The summed E-state index contributed by atoms with van der Waals surface area (Å²) in [6, 6.07) is 0. The van der Waals surface area contributed by atoms with E-state index < -0.39 is 0 Å². The van der Waals surface area contributed by atoms with Crippen LogP contribution in [-0.2, 0) is 0 Å². The molecule has 0 amide bonds. The van der Waals surface area contributed by atoms with Crippen molar-refractivity contribution < 1.29 is 0 Å². The number of hydrogen-bond donors (Lipinski definition) is 1. The van der Waals surface area contributed by atoms with Crippen molar-refractivity contribution in [3.8, 4) is 0 Å². The van der Waals surface area contributed by atoms with Gasteiger partial charge >= 0.3 is 0 Å². The Morgan fingerprint density at radius 2 is 1.00 bits per heavy atom. The van der Waals surface area contributed by atoms with Gasteiger partial charge in [0.25, 0.3) is 0 Å². The summed E-state index contributed by atoms with van der Waals surface area (Å²) in [4.78, 5) is 0. The van der Waals surface area contributed by atoms with Gasteiger partial charge in [0.2, 0.25) is 0 Å². The van der Waals surface area contributed by atoms with Crippen molar-refractivity contribution in [1.82, 2.24) is 6.15 Å². The molecule has 0 aliphatic rings. The highest BCUT2D eigenvalue weighted by Crippen LogP contribution is 2.16. The Balaban J connectivity index is 0. The summed E-state index contributed by atoms with van der Waals surface area (Å²) in [5.74, 6) is 0. The van der Waals surface area contributed by atoms with Crippen LogP contribution in [0.4, 0.5) is 0 Å². The van der Waals surface area contributed by atoms with Crippen LogP contribution in [0.15, 0.2) is 0 Å². The van der Waals surface area contributed by atoms with Gasteiger partial charge in [0.1, 0.15) is 0 Å². The Morgan fingerprint density at radius 3 is 1.42 bits per heavy atom. The number of halogens is 1. The fraction of sp³-hybridized carbons (Fsp3) is 1.00. The van der Waals surface area contributed by atoms with Gasteiger partial charge in [-0.3, -0.25) is 0 Å². The van der Waals surface area contributed by atoms with E-state index in [0.29, 0.717) is 5.38 Å². The molecular formula is C17H38ClN. The fourth-order valence-electron chi connectivity index (χ4n) is 2.49. The number of rotatable bonds is 14. The molecular weight excluding hydrogens is 254 g/mol. The molecule has 0 saturated carbocycles. The summed E-state index contributed by atoms with van der Waals surface area (Å²) in [5.41, 5.74) is 0. The van der Waals surface area contributed by atoms with Crippen LogP contribution in [0.25, 0.3) is 0 Å². The van der Waals surface area contributed by atoms with Gasteiger partial charge < -0.3 is 6.15 Å². The predicted octanol–water partition coefficient (Wildman–Crippen LogP) is 7.26. The highest BCUT2D eigenvalue weighted by atomic mass is 35.5. The Hall–Kier alpha value is 0.250. The third-order valence-electron chi connectivity index (χ3n) is 3.72. The molecule has 1 atom stereocenters. The maximum absolute atomic E-state index is 6.20. The Morgan fingerprint density at radius 1 is 0.579 bits per heavy atom. The minimum Gasteiger partial charge on any atom is -0.344 e. The van der Waals surface area contributed by atoms with E-state index in [4.69, 9.17) is 11.6 Å². The highest BCUT2D eigenvalue weighted by Gasteiger charge is 2.01. The van der Waals surface area contributed by atoms with Gasteiger partial charge in [0, 0.05) is 5.38 Å². The van der Waals surface area contributed by atoms with Crippen LogP contribution >= 0.6 is 11.6 Å². The average molecular weight is 292 g/mol. The second-order valence-corrected chi connectivity index (χ2v) is 6.33. The first-order valence-electron chi connectivity index (χ1n) is 8.45. The lowest BCUT2D eigenvalue weighted by atomic mass is 10.0. The number of unbranched alkanes of at least 4 members (excludes halogenated alkanes) is 10. The molecule has 0 aromatic heterocycles. The van der Waals surface area contributed by atoms with E-state index in [1.807, 2.05) is 0 Å². The minimum atomic E-state index is 0. The predicted molar refractivity (Wildman–Crippen MR) is 90.6 cm³/mol. The lowest BCUT2D eigenvalue weighted by molar-refractivity contribution is 0.536. The summed E-state index contributed by atoms with van der Waals surface area (Å²) in [7, 11) is 0. The van der Waals surface area contributed by atoms with E-state index in [1.165, 1.54) is 89.9 Å². The normalized spacial score (nSPS) is 12.2. The quantitative estimate of drug-likeness (QED) is 0.265. The summed E-state index contributed by atoms with van der Waals surface area (Å²) in [5, 5.41) is 0.438. The summed E-state index contributed by atoms with van der Waals surface area (Å²) >= 11 is 6.20. The van der Waals surface area contributed by atoms with Crippen LogP contribution in [0.3, 0.4) is 0 Å². The van der Waals surface area contributed by atoms with Gasteiger partial charge in [-0.05, 0) is 12.8 Å². The SMILES string of the molecule is CCCCCCCCCCCCCC(Cl)CCC.N. The van der Waals surface area contributed by atoms with Crippen LogP contribution in [0, 0.1) is 0 Å². The van der Waals surface area contributed by atoms with Crippen molar-refractivity contribution in [2.45, 2.75) is 109 Å². The van der Waals surface area contributed by atoms with Gasteiger partial charge in [0.15, 0.2) is 0 Å². The Labute approximate surface area is 127 Å². The van der Waals surface area contributed by atoms with Crippen molar-refractivity contribution >= 4 is 11.6 Å². The molecule has 0 aromatic rings. The standard InChI is InChI=1S/C17H35Cl.H3N/c1-3-5-6-7-8-9-10-11-12-13-14-16-17(18)15-4-2;/h17H,3-16H2,1-2H3;1H3. The first-order chi connectivity index (χ1) is 8.81. The molecule has 0 saturated heterocycles. The molecule has 1 nitrogen and oxygen atoms in total. The molecule has 0 spiro atoms. The second-order valence-electron chi connectivity index (χ2n) is 5.71. The molecule has 19 heavy (non-hydrogen) atoms. The van der Waals surface area contributed by atoms with Gasteiger partial charge in [-0.15, -0.1) is 11.6 Å². The Bertz CT molecular complexity index is 150. The third kappa shape index (κ3) is 18.2. The largest absolute Gasteiger partial charge is 0.344 e. The van der Waals surface area contributed by atoms with Gasteiger partial charge in [-0.2, -0.15) is 0 Å². The molecule has 0 aliphatic carbocycles. The molecule has 3 N–H and O–H groups in total. The van der Waals surface area contributed by atoms with Crippen molar-refractivity contribution in [3.05, 3.63) is 0 Å². The molecule has 0 rings (SSSR count). The van der Waals surface area contributed by atoms with E-state index in [2.05, 4.69) is 13.8 Å². The van der Waals surface area contributed by atoms with Gasteiger partial charge in [0.05, 0.1) is 0 Å². The number of alkyl halides is 1. The van der Waals surface area contributed by atoms with Crippen LogP contribution in [0.5, 0.6) is 0 Å². The van der Waals surface area contributed by atoms with E-state index in [9.17, 15) is 0 Å². The molecule has 0 aliphatic heterocycles. The smallest absolute Gasteiger partial charge is 0.0336 e. The molecule has 0 bridgehead atoms. The molecule has 0 heterocycles. The zero-order valence-corrected chi connectivity index (χ0v) is 14.3. The molecule has 0 aromatic carbocycles. The zero-order valence-electron chi connectivity index (χ0n) is 13.6. The Kier molecular flexibility index (Phi) is 20.7. The maximum Gasteiger partial charge on any atom is 0.0336 e. The molecule has 1 unspecified atom stereocenters. The average Bonchev–Trinajstić information content (AvgIpc) is 2.36. The first kappa shape index (κ1) is 21.5. The van der Waals surface area contributed by atoms with Crippen LogP contribution < -0.4 is 6.15 Å². The van der Waals surface area contributed by atoms with Crippen LogP contribution in [-0.4, -0.2) is 5.38 Å². The topological polar surface area (TPSA) is 35.0 Å². The van der Waals surface area contributed by atoms with Gasteiger partial charge in [-0.1, -0.05) is 90.9 Å². The fourth-order valence-corrected chi connectivity index (χ4v) is 2.86. The van der Waals surface area contributed by atoms with Crippen molar-refractivity contribution in [2.24, 2.45) is 0 Å². The van der Waals surface area contributed by atoms with E-state index in [-0.39, 0.29) is 6.15 Å². The monoisotopic (exact) mass is 291 g/mol. The van der Waals surface area contributed by atoms with Crippen molar-refractivity contribution in [3.63, 3.8) is 0 Å². The number of hydrogen-bond acceptors (Lipinski definition) is 1. The molecule has 0 fully saturated rings. The van der Waals surface area contributed by atoms with Crippen molar-refractivity contribution in [1.29, 1.82) is 0 Å². The first-order valence-corrected chi connectivity index (χ1v) is 8.89. The summed E-state index contributed by atoms with van der Waals surface area (Å²) in [6.45, 7) is 4.50. The summed E-state index contributed by atoms with van der Waals surface area (Å²) in [6.07, 6.45) is 19.3. The van der Waals surface area contributed by atoms with E-state index in [0.717, 1.165) is 0 Å². The molecule has 118 valence electrons. The zero-order chi connectivity index (χ0) is 13.5. The lowest BCUT2D eigenvalue weighted by Gasteiger charge is -2.07. The molecule has 2 heteroatoms. The van der Waals surface area contributed by atoms with Crippen LogP contribution in [0.2, 0.25) is 0 Å². The maximum atomic E-state index is 6.20. The van der Waals surface area contributed by atoms with Crippen LogP contribution in [0.1, 0.15) is 104 Å². The highest BCUT2D eigenvalue weighted by molar-refractivity contribution is 6.20. The van der Waals surface area contributed by atoms with E-state index in [1.54, 1.807) is 0 Å². The molecule has 0 radical (unpaired) electrons. The van der Waals surface area contributed by atoms with Crippen molar-refractivity contribution in [2.75, 3.05) is 0 Å². The second kappa shape index (κ2) is 18.2. The third-order valence-corrected chi connectivity index (χ3v) is 4.16. The van der Waals surface area contributed by atoms with Gasteiger partial charge in [-0.25, -0.2) is 0 Å². The minimum absolute atomic E-state index is 0. The lowest BCUT2D eigenvalue weighted by Crippen LogP contribution is -1.97. The van der Waals surface area contributed by atoms with E-state index >= 15 is 0 Å².